The molecule has 0 aliphatic carbocycles. The Hall–Kier alpha value is -1.90. The first kappa shape index (κ1) is 14.5. The zero-order valence-corrected chi connectivity index (χ0v) is 12.7. The van der Waals surface area contributed by atoms with E-state index in [0.29, 0.717) is 5.56 Å². The largest absolute Gasteiger partial charge is 0.349 e. The summed E-state index contributed by atoms with van der Waals surface area (Å²) < 4.78 is 0. The molecule has 2 rings (SSSR count). The van der Waals surface area contributed by atoms with Gasteiger partial charge in [0.25, 0.3) is 5.91 Å². The van der Waals surface area contributed by atoms with Crippen molar-refractivity contribution in [3.8, 4) is 0 Å². The van der Waals surface area contributed by atoms with E-state index < -0.39 is 0 Å². The summed E-state index contributed by atoms with van der Waals surface area (Å²) in [5, 5.41) is 4.09. The van der Waals surface area contributed by atoms with E-state index in [4.69, 9.17) is 0 Å². The van der Waals surface area contributed by atoms with Crippen molar-refractivity contribution in [3.05, 3.63) is 41.1 Å². The average molecular weight is 270 g/mol. The number of hydrogen-bond acceptors (Lipinski definition) is 2. The summed E-state index contributed by atoms with van der Waals surface area (Å²) in [7, 11) is 0. The maximum atomic E-state index is 12.4. The van der Waals surface area contributed by atoms with Crippen molar-refractivity contribution >= 4 is 16.8 Å². The van der Waals surface area contributed by atoms with Gasteiger partial charge in [-0.15, -0.1) is 0 Å². The van der Waals surface area contributed by atoms with Crippen LogP contribution >= 0.6 is 0 Å². The van der Waals surface area contributed by atoms with Gasteiger partial charge in [0.1, 0.15) is 0 Å². The molecule has 1 aromatic heterocycles. The number of nitrogens with one attached hydrogen (secondary N) is 1. The van der Waals surface area contributed by atoms with E-state index in [2.05, 4.69) is 30.2 Å². The van der Waals surface area contributed by atoms with E-state index in [1.165, 1.54) is 5.56 Å². The van der Waals surface area contributed by atoms with Crippen molar-refractivity contribution in [1.29, 1.82) is 0 Å². The van der Waals surface area contributed by atoms with E-state index in [9.17, 15) is 4.79 Å². The molecule has 3 nitrogen and oxygen atoms in total. The fourth-order valence-corrected chi connectivity index (χ4v) is 2.38. The van der Waals surface area contributed by atoms with Crippen LogP contribution in [0.25, 0.3) is 10.9 Å². The lowest BCUT2D eigenvalue weighted by molar-refractivity contribution is 0.0934. The minimum absolute atomic E-state index is 0.0212. The molecule has 0 spiro atoms. The Labute approximate surface area is 120 Å². The number of carbonyl (C=O) groups excluding carboxylic acids is 1. The van der Waals surface area contributed by atoms with E-state index in [1.54, 1.807) is 0 Å². The quantitative estimate of drug-likeness (QED) is 0.919. The number of benzene rings is 1. The minimum atomic E-state index is -0.0212. The zero-order valence-electron chi connectivity index (χ0n) is 12.7. The number of rotatable bonds is 4. The fourth-order valence-electron chi connectivity index (χ4n) is 2.38. The molecule has 0 atom stereocenters. The lowest BCUT2D eigenvalue weighted by Crippen LogP contribution is -2.34. The first-order valence-corrected chi connectivity index (χ1v) is 7.24. The maximum absolute atomic E-state index is 12.4. The zero-order chi connectivity index (χ0) is 14.7. The molecule has 0 unspecified atom stereocenters. The average Bonchev–Trinajstić information content (AvgIpc) is 2.44. The van der Waals surface area contributed by atoms with E-state index in [0.717, 1.165) is 29.4 Å². The number of fused-ring (bicyclic) bond motifs is 1. The number of carbonyl (C=O) groups is 1. The van der Waals surface area contributed by atoms with Crippen LogP contribution in [0.4, 0.5) is 0 Å². The van der Waals surface area contributed by atoms with Crippen LogP contribution in [0.5, 0.6) is 0 Å². The summed E-state index contributed by atoms with van der Waals surface area (Å²) in [6.07, 6.45) is 1.89. The number of pyridine rings is 1. The number of hydrogen-bond donors (Lipinski definition) is 1. The maximum Gasteiger partial charge on any atom is 0.253 e. The van der Waals surface area contributed by atoms with Gasteiger partial charge in [0, 0.05) is 11.4 Å². The van der Waals surface area contributed by atoms with Crippen molar-refractivity contribution < 1.29 is 4.79 Å². The molecule has 2 aromatic rings. The highest BCUT2D eigenvalue weighted by atomic mass is 16.1. The highest BCUT2D eigenvalue weighted by Crippen LogP contribution is 2.18. The molecule has 0 fully saturated rings. The highest BCUT2D eigenvalue weighted by Gasteiger charge is 2.14. The van der Waals surface area contributed by atoms with Gasteiger partial charge in [0.2, 0.25) is 0 Å². The molecule has 0 radical (unpaired) electrons. The molecule has 0 bridgehead atoms. The summed E-state index contributed by atoms with van der Waals surface area (Å²) >= 11 is 0. The predicted octanol–water partition coefficient (Wildman–Crippen LogP) is 3.77. The topological polar surface area (TPSA) is 42.0 Å². The Bertz CT molecular complexity index is 630. The van der Waals surface area contributed by atoms with Gasteiger partial charge in [-0.2, -0.15) is 0 Å². The van der Waals surface area contributed by atoms with Gasteiger partial charge < -0.3 is 5.32 Å². The van der Waals surface area contributed by atoms with E-state index >= 15 is 0 Å². The second-order valence-corrected chi connectivity index (χ2v) is 5.30. The molecule has 1 heterocycles. The normalized spacial score (nSPS) is 11.1. The summed E-state index contributed by atoms with van der Waals surface area (Å²) in [6, 6.07) is 8.28. The van der Waals surface area contributed by atoms with Crippen molar-refractivity contribution in [2.75, 3.05) is 0 Å². The molecule has 0 aliphatic heterocycles. The van der Waals surface area contributed by atoms with Gasteiger partial charge in [0.05, 0.1) is 16.8 Å². The number of aryl methyl sites for hydroxylation is 2. The molecular weight excluding hydrogens is 248 g/mol. The molecule has 0 saturated carbocycles. The lowest BCUT2D eigenvalue weighted by atomic mass is 10.1. The third-order valence-electron chi connectivity index (χ3n) is 3.73. The first-order valence-electron chi connectivity index (χ1n) is 7.24. The number of aromatic nitrogens is 1. The lowest BCUT2D eigenvalue weighted by Gasteiger charge is -2.16. The van der Waals surface area contributed by atoms with Crippen molar-refractivity contribution in [2.45, 2.75) is 46.6 Å². The Morgan fingerprint density at radius 1 is 1.20 bits per heavy atom. The van der Waals surface area contributed by atoms with Crippen LogP contribution in [-0.4, -0.2) is 16.9 Å². The number of nitrogens with zero attached hydrogens (tertiary/aromatic N) is 1. The van der Waals surface area contributed by atoms with Gasteiger partial charge in [-0.25, -0.2) is 0 Å². The fraction of sp³-hybridized carbons (Fsp3) is 0.412. The van der Waals surface area contributed by atoms with Crippen LogP contribution < -0.4 is 5.32 Å². The molecule has 0 saturated heterocycles. The SMILES string of the molecule is CCC(CC)NC(=O)c1cc2cc(C)ccc2nc1C. The number of amides is 1. The third kappa shape index (κ3) is 2.98. The molecule has 20 heavy (non-hydrogen) atoms. The summed E-state index contributed by atoms with van der Waals surface area (Å²) in [6.45, 7) is 8.11. The van der Waals surface area contributed by atoms with Crippen molar-refractivity contribution in [3.63, 3.8) is 0 Å². The Morgan fingerprint density at radius 3 is 2.55 bits per heavy atom. The predicted molar refractivity (Wildman–Crippen MR) is 83.1 cm³/mol. The summed E-state index contributed by atoms with van der Waals surface area (Å²) in [4.78, 5) is 16.9. The van der Waals surface area contributed by atoms with E-state index in [-0.39, 0.29) is 11.9 Å². The third-order valence-corrected chi connectivity index (χ3v) is 3.73. The Morgan fingerprint density at radius 2 is 1.90 bits per heavy atom. The second-order valence-electron chi connectivity index (χ2n) is 5.30. The molecular formula is C17H22N2O. The standard InChI is InChI=1S/C17H22N2O/c1-5-14(6-2)19-17(20)15-10-13-9-11(3)7-8-16(13)18-12(15)4/h7-10,14H,5-6H2,1-4H3,(H,19,20). The Balaban J connectivity index is 2.38. The molecule has 0 aliphatic rings. The molecule has 3 heteroatoms. The minimum Gasteiger partial charge on any atom is -0.349 e. The van der Waals surface area contributed by atoms with Gasteiger partial charge >= 0.3 is 0 Å². The second kappa shape index (κ2) is 6.04. The van der Waals surface area contributed by atoms with Crippen LogP contribution in [0.15, 0.2) is 24.3 Å². The van der Waals surface area contributed by atoms with E-state index in [1.807, 2.05) is 32.0 Å². The van der Waals surface area contributed by atoms with Gasteiger partial charge in [0.15, 0.2) is 0 Å². The summed E-state index contributed by atoms with van der Waals surface area (Å²) in [5.74, 6) is -0.0212. The highest BCUT2D eigenvalue weighted by molar-refractivity contribution is 5.98. The molecule has 1 N–H and O–H groups in total. The van der Waals surface area contributed by atoms with Crippen LogP contribution in [0, 0.1) is 13.8 Å². The van der Waals surface area contributed by atoms with Gasteiger partial charge in [-0.1, -0.05) is 25.5 Å². The van der Waals surface area contributed by atoms with Crippen LogP contribution in [0.1, 0.15) is 48.3 Å². The Kier molecular flexibility index (Phi) is 4.38. The molecule has 1 amide bonds. The van der Waals surface area contributed by atoms with Crippen molar-refractivity contribution in [2.24, 2.45) is 0 Å². The summed E-state index contributed by atoms with van der Waals surface area (Å²) in [5.41, 5.74) is 3.57. The molecule has 106 valence electrons. The van der Waals surface area contributed by atoms with Crippen LogP contribution in [-0.2, 0) is 0 Å². The van der Waals surface area contributed by atoms with Gasteiger partial charge in [-0.3, -0.25) is 9.78 Å². The van der Waals surface area contributed by atoms with Crippen LogP contribution in [0.3, 0.4) is 0 Å². The smallest absolute Gasteiger partial charge is 0.253 e. The van der Waals surface area contributed by atoms with Crippen LogP contribution in [0.2, 0.25) is 0 Å². The first-order chi connectivity index (χ1) is 9.55. The monoisotopic (exact) mass is 270 g/mol. The van der Waals surface area contributed by atoms with Crippen molar-refractivity contribution in [1.82, 2.24) is 10.3 Å². The van der Waals surface area contributed by atoms with Gasteiger partial charge in [-0.05, 0) is 44.9 Å². The molecule has 1 aromatic carbocycles.